The summed E-state index contributed by atoms with van der Waals surface area (Å²) in [5.74, 6) is 0.0425. The van der Waals surface area contributed by atoms with Crippen molar-refractivity contribution in [2.75, 3.05) is 13.7 Å². The third-order valence-corrected chi connectivity index (χ3v) is 2.85. The van der Waals surface area contributed by atoms with Gasteiger partial charge in [-0.05, 0) is 17.7 Å². The molecule has 0 N–H and O–H groups in total. The van der Waals surface area contributed by atoms with Gasteiger partial charge in [0.2, 0.25) is 0 Å². The first-order valence-corrected chi connectivity index (χ1v) is 6.12. The first kappa shape index (κ1) is 13.1. The number of esters is 1. The van der Waals surface area contributed by atoms with Gasteiger partial charge in [0.15, 0.2) is 0 Å². The van der Waals surface area contributed by atoms with Crippen LogP contribution in [0.15, 0.2) is 60.7 Å². The number of rotatable bonds is 5. The standard InChI is InChI=1S/C16H16O3/c1-18-16(17)15(13-8-4-2-5-9-13)12-19-14-10-6-3-7-11-14/h2-11,15H,12H2,1H3. The predicted octanol–water partition coefficient (Wildman–Crippen LogP) is 3.02. The molecule has 19 heavy (non-hydrogen) atoms. The summed E-state index contributed by atoms with van der Waals surface area (Å²) in [6.45, 7) is 0.265. The zero-order chi connectivity index (χ0) is 13.5. The summed E-state index contributed by atoms with van der Waals surface area (Å²) < 4.78 is 10.5. The molecule has 0 radical (unpaired) electrons. The maximum absolute atomic E-state index is 11.8. The molecule has 98 valence electrons. The topological polar surface area (TPSA) is 35.5 Å². The van der Waals surface area contributed by atoms with Crippen LogP contribution in [0.4, 0.5) is 0 Å². The Balaban J connectivity index is 2.09. The van der Waals surface area contributed by atoms with E-state index in [-0.39, 0.29) is 12.6 Å². The van der Waals surface area contributed by atoms with Crippen LogP contribution in [0.1, 0.15) is 11.5 Å². The van der Waals surface area contributed by atoms with E-state index in [0.29, 0.717) is 0 Å². The van der Waals surface area contributed by atoms with E-state index in [1.807, 2.05) is 60.7 Å². The SMILES string of the molecule is COC(=O)C(COc1ccccc1)c1ccccc1. The van der Waals surface area contributed by atoms with Gasteiger partial charge in [-0.1, -0.05) is 48.5 Å². The summed E-state index contributed by atoms with van der Waals surface area (Å²) in [7, 11) is 1.39. The van der Waals surface area contributed by atoms with Crippen molar-refractivity contribution in [3.05, 3.63) is 66.2 Å². The van der Waals surface area contributed by atoms with E-state index in [2.05, 4.69) is 0 Å². The Kier molecular flexibility index (Phi) is 4.56. The largest absolute Gasteiger partial charge is 0.492 e. The van der Waals surface area contributed by atoms with E-state index >= 15 is 0 Å². The molecule has 0 aliphatic heterocycles. The monoisotopic (exact) mass is 256 g/mol. The van der Waals surface area contributed by atoms with Crippen LogP contribution in [0.25, 0.3) is 0 Å². The van der Waals surface area contributed by atoms with E-state index < -0.39 is 5.92 Å². The average Bonchev–Trinajstić information content (AvgIpc) is 2.49. The van der Waals surface area contributed by atoms with Gasteiger partial charge in [0, 0.05) is 0 Å². The van der Waals surface area contributed by atoms with Crippen LogP contribution in [0.5, 0.6) is 5.75 Å². The van der Waals surface area contributed by atoms with Crippen LogP contribution in [0.2, 0.25) is 0 Å². The highest BCUT2D eigenvalue weighted by Crippen LogP contribution is 2.19. The second-order valence-corrected chi connectivity index (χ2v) is 4.11. The second kappa shape index (κ2) is 6.59. The molecule has 0 amide bonds. The summed E-state index contributed by atoms with van der Waals surface area (Å²) in [4.78, 5) is 11.8. The predicted molar refractivity (Wildman–Crippen MR) is 73.1 cm³/mol. The lowest BCUT2D eigenvalue weighted by Crippen LogP contribution is -2.21. The molecular formula is C16H16O3. The first-order valence-electron chi connectivity index (χ1n) is 6.12. The molecule has 0 saturated carbocycles. The lowest BCUT2D eigenvalue weighted by atomic mass is 10.0. The molecule has 2 aromatic rings. The molecule has 2 aromatic carbocycles. The number of hydrogen-bond acceptors (Lipinski definition) is 3. The van der Waals surface area contributed by atoms with Crippen LogP contribution >= 0.6 is 0 Å². The fourth-order valence-electron chi connectivity index (χ4n) is 1.82. The van der Waals surface area contributed by atoms with E-state index in [1.54, 1.807) is 0 Å². The Bertz CT molecular complexity index is 508. The Labute approximate surface area is 112 Å². The maximum atomic E-state index is 11.8. The molecule has 2 rings (SSSR count). The second-order valence-electron chi connectivity index (χ2n) is 4.11. The zero-order valence-corrected chi connectivity index (χ0v) is 10.8. The molecule has 0 aromatic heterocycles. The normalized spacial score (nSPS) is 11.6. The van der Waals surface area contributed by atoms with Crippen LogP contribution in [-0.4, -0.2) is 19.7 Å². The number of benzene rings is 2. The van der Waals surface area contributed by atoms with Crippen molar-refractivity contribution in [2.24, 2.45) is 0 Å². The van der Waals surface area contributed by atoms with E-state index in [4.69, 9.17) is 9.47 Å². The lowest BCUT2D eigenvalue weighted by molar-refractivity contribution is -0.143. The molecule has 0 fully saturated rings. The van der Waals surface area contributed by atoms with Crippen molar-refractivity contribution in [2.45, 2.75) is 5.92 Å². The molecule has 1 unspecified atom stereocenters. The number of carbonyl (C=O) groups excluding carboxylic acids is 1. The summed E-state index contributed by atoms with van der Waals surface area (Å²) in [5.41, 5.74) is 0.894. The summed E-state index contributed by atoms with van der Waals surface area (Å²) in [5, 5.41) is 0. The van der Waals surface area contributed by atoms with Gasteiger partial charge in [-0.3, -0.25) is 4.79 Å². The molecule has 0 aliphatic carbocycles. The van der Waals surface area contributed by atoms with Gasteiger partial charge in [0.1, 0.15) is 18.3 Å². The van der Waals surface area contributed by atoms with Gasteiger partial charge in [-0.15, -0.1) is 0 Å². The Hall–Kier alpha value is -2.29. The van der Waals surface area contributed by atoms with Crippen molar-refractivity contribution in [3.8, 4) is 5.75 Å². The van der Waals surface area contributed by atoms with Gasteiger partial charge < -0.3 is 9.47 Å². The fourth-order valence-corrected chi connectivity index (χ4v) is 1.82. The van der Waals surface area contributed by atoms with Gasteiger partial charge in [0.05, 0.1) is 7.11 Å². The molecule has 0 spiro atoms. The Morgan fingerprint density at radius 3 is 2.16 bits per heavy atom. The van der Waals surface area contributed by atoms with Gasteiger partial charge >= 0.3 is 5.97 Å². The molecule has 0 bridgehead atoms. The van der Waals surface area contributed by atoms with Crippen molar-refractivity contribution in [1.82, 2.24) is 0 Å². The third-order valence-electron chi connectivity index (χ3n) is 2.85. The lowest BCUT2D eigenvalue weighted by Gasteiger charge is -2.16. The van der Waals surface area contributed by atoms with Gasteiger partial charge in [-0.2, -0.15) is 0 Å². The average molecular weight is 256 g/mol. The highest BCUT2D eigenvalue weighted by atomic mass is 16.5. The number of methoxy groups -OCH3 is 1. The van der Waals surface area contributed by atoms with Crippen LogP contribution in [0.3, 0.4) is 0 Å². The van der Waals surface area contributed by atoms with Crippen molar-refractivity contribution >= 4 is 5.97 Å². The Morgan fingerprint density at radius 1 is 1.00 bits per heavy atom. The number of ether oxygens (including phenoxy) is 2. The van der Waals surface area contributed by atoms with Gasteiger partial charge in [-0.25, -0.2) is 0 Å². The molecule has 0 heterocycles. The minimum atomic E-state index is -0.411. The summed E-state index contributed by atoms with van der Waals surface area (Å²) >= 11 is 0. The van der Waals surface area contributed by atoms with Gasteiger partial charge in [0.25, 0.3) is 0 Å². The molecule has 3 heteroatoms. The molecule has 3 nitrogen and oxygen atoms in total. The van der Waals surface area contributed by atoms with Crippen LogP contribution in [-0.2, 0) is 9.53 Å². The quantitative estimate of drug-likeness (QED) is 0.771. The minimum Gasteiger partial charge on any atom is -0.492 e. The number of para-hydroxylation sites is 1. The Morgan fingerprint density at radius 2 is 1.58 bits per heavy atom. The van der Waals surface area contributed by atoms with Crippen molar-refractivity contribution in [3.63, 3.8) is 0 Å². The highest BCUT2D eigenvalue weighted by molar-refractivity contribution is 5.78. The number of carbonyl (C=O) groups is 1. The fraction of sp³-hybridized carbons (Fsp3) is 0.188. The smallest absolute Gasteiger partial charge is 0.316 e. The minimum absolute atomic E-state index is 0.265. The van der Waals surface area contributed by atoms with Crippen molar-refractivity contribution in [1.29, 1.82) is 0 Å². The first-order chi connectivity index (χ1) is 9.31. The number of hydrogen-bond donors (Lipinski definition) is 0. The van der Waals surface area contributed by atoms with E-state index in [0.717, 1.165) is 11.3 Å². The van der Waals surface area contributed by atoms with Crippen molar-refractivity contribution < 1.29 is 14.3 Å². The van der Waals surface area contributed by atoms with E-state index in [9.17, 15) is 4.79 Å². The maximum Gasteiger partial charge on any atom is 0.316 e. The molecular weight excluding hydrogens is 240 g/mol. The molecule has 0 saturated heterocycles. The summed E-state index contributed by atoms with van der Waals surface area (Å²) in [6.07, 6.45) is 0. The summed E-state index contributed by atoms with van der Waals surface area (Å²) in [6, 6.07) is 18.9. The highest BCUT2D eigenvalue weighted by Gasteiger charge is 2.22. The molecule has 0 aliphatic rings. The van der Waals surface area contributed by atoms with Crippen LogP contribution in [0, 0.1) is 0 Å². The van der Waals surface area contributed by atoms with Crippen LogP contribution < -0.4 is 4.74 Å². The molecule has 1 atom stereocenters. The third kappa shape index (κ3) is 3.58. The zero-order valence-electron chi connectivity index (χ0n) is 10.8. The van der Waals surface area contributed by atoms with E-state index in [1.165, 1.54) is 7.11 Å².